The molecule has 2 heterocycles. The van der Waals surface area contributed by atoms with Crippen LogP contribution in [0.1, 0.15) is 21.7 Å². The molecule has 0 saturated carbocycles. The van der Waals surface area contributed by atoms with Gasteiger partial charge in [0.15, 0.2) is 0 Å². The van der Waals surface area contributed by atoms with Gasteiger partial charge in [-0.1, -0.05) is 11.8 Å². The second-order valence-corrected chi connectivity index (χ2v) is 6.72. The third-order valence-electron chi connectivity index (χ3n) is 2.76. The highest BCUT2D eigenvalue weighted by Gasteiger charge is 2.21. The molecule has 0 radical (unpaired) electrons. The molecule has 2 rings (SSSR count). The zero-order valence-electron chi connectivity index (χ0n) is 10.4. The molecule has 4 nitrogen and oxygen atoms in total. The van der Waals surface area contributed by atoms with Crippen molar-refractivity contribution >= 4 is 28.0 Å². The zero-order valence-corrected chi connectivity index (χ0v) is 12.1. The summed E-state index contributed by atoms with van der Waals surface area (Å²) in [6.45, 7) is 1.18. The van der Waals surface area contributed by atoms with Gasteiger partial charge < -0.3 is 10.0 Å². The Morgan fingerprint density at radius 1 is 1.47 bits per heavy atom. The van der Waals surface area contributed by atoms with Gasteiger partial charge in [0, 0.05) is 47.2 Å². The minimum absolute atomic E-state index is 0.0110. The Morgan fingerprint density at radius 3 is 2.89 bits per heavy atom. The van der Waals surface area contributed by atoms with E-state index in [1.54, 1.807) is 16.3 Å². The fraction of sp³-hybridized carbons (Fsp3) is 0.462. The average Bonchev–Trinajstić information content (AvgIpc) is 2.88. The Labute approximate surface area is 118 Å². The molecule has 0 aliphatic carbocycles. The summed E-state index contributed by atoms with van der Waals surface area (Å²) in [6, 6.07) is 1.78. The maximum atomic E-state index is 12.2. The summed E-state index contributed by atoms with van der Waals surface area (Å²) >= 11 is 1.43. The highest BCUT2D eigenvalue weighted by Crippen LogP contribution is 2.16. The lowest BCUT2D eigenvalue weighted by Crippen LogP contribution is -2.41. The SMILES string of the molecule is O=C(c1csc(C#CCCO)c1)N1CCS(=O)CC1. The van der Waals surface area contributed by atoms with E-state index in [4.69, 9.17) is 5.11 Å². The zero-order chi connectivity index (χ0) is 13.7. The van der Waals surface area contributed by atoms with Crippen LogP contribution in [0.25, 0.3) is 0 Å². The van der Waals surface area contributed by atoms with E-state index in [0.29, 0.717) is 36.6 Å². The molecule has 1 aliphatic heterocycles. The van der Waals surface area contributed by atoms with Gasteiger partial charge in [-0.25, -0.2) is 0 Å². The van der Waals surface area contributed by atoms with Crippen LogP contribution in [0.15, 0.2) is 11.4 Å². The Balaban J connectivity index is 2.00. The predicted octanol–water partition coefficient (Wildman–Crippen LogP) is 0.687. The molecule has 0 unspecified atom stereocenters. The van der Waals surface area contributed by atoms with E-state index in [1.807, 2.05) is 0 Å². The maximum Gasteiger partial charge on any atom is 0.254 e. The van der Waals surface area contributed by atoms with Crippen molar-refractivity contribution in [3.05, 3.63) is 21.9 Å². The van der Waals surface area contributed by atoms with E-state index in [1.165, 1.54) is 11.3 Å². The molecule has 1 aromatic heterocycles. The molecular formula is C13H15NO3S2. The molecular weight excluding hydrogens is 282 g/mol. The van der Waals surface area contributed by atoms with Crippen molar-refractivity contribution in [3.8, 4) is 11.8 Å². The van der Waals surface area contributed by atoms with Gasteiger partial charge in [-0.15, -0.1) is 11.3 Å². The number of hydrogen-bond acceptors (Lipinski definition) is 4. The van der Waals surface area contributed by atoms with E-state index in [0.717, 1.165) is 4.88 Å². The quantitative estimate of drug-likeness (QED) is 0.817. The summed E-state index contributed by atoms with van der Waals surface area (Å²) < 4.78 is 11.3. The van der Waals surface area contributed by atoms with Crippen molar-refractivity contribution in [2.24, 2.45) is 0 Å². The van der Waals surface area contributed by atoms with Crippen molar-refractivity contribution in [1.82, 2.24) is 4.90 Å². The van der Waals surface area contributed by atoms with Crippen LogP contribution in [0, 0.1) is 11.8 Å². The maximum absolute atomic E-state index is 12.2. The topological polar surface area (TPSA) is 57.6 Å². The van der Waals surface area contributed by atoms with Gasteiger partial charge >= 0.3 is 0 Å². The molecule has 1 fully saturated rings. The fourth-order valence-electron chi connectivity index (χ4n) is 1.74. The van der Waals surface area contributed by atoms with Crippen LogP contribution in [-0.4, -0.2) is 51.3 Å². The first-order valence-electron chi connectivity index (χ1n) is 6.03. The minimum atomic E-state index is -0.771. The lowest BCUT2D eigenvalue weighted by molar-refractivity contribution is 0.0772. The van der Waals surface area contributed by atoms with Crippen molar-refractivity contribution in [2.45, 2.75) is 6.42 Å². The number of rotatable bonds is 2. The summed E-state index contributed by atoms with van der Waals surface area (Å²) in [7, 11) is -0.771. The van der Waals surface area contributed by atoms with Crippen LogP contribution in [0.4, 0.5) is 0 Å². The van der Waals surface area contributed by atoms with Crippen LogP contribution in [0.5, 0.6) is 0 Å². The fourth-order valence-corrected chi connectivity index (χ4v) is 3.54. The van der Waals surface area contributed by atoms with E-state index >= 15 is 0 Å². The lowest BCUT2D eigenvalue weighted by Gasteiger charge is -2.25. The molecule has 1 saturated heterocycles. The Hall–Kier alpha value is -1.16. The van der Waals surface area contributed by atoms with Crippen molar-refractivity contribution in [2.75, 3.05) is 31.2 Å². The van der Waals surface area contributed by atoms with Crippen molar-refractivity contribution in [3.63, 3.8) is 0 Å². The Kier molecular flexibility index (Phi) is 5.14. The third-order valence-corrected chi connectivity index (χ3v) is 4.88. The molecule has 1 aliphatic rings. The molecule has 0 spiro atoms. The van der Waals surface area contributed by atoms with Gasteiger partial charge in [-0.2, -0.15) is 0 Å². The standard InChI is InChI=1S/C13H15NO3S2/c15-6-2-1-3-12-9-11(10-18-12)13(16)14-4-7-19(17)8-5-14/h9-10,15H,2,4-8H2. The summed E-state index contributed by atoms with van der Waals surface area (Å²) in [4.78, 5) is 14.8. The van der Waals surface area contributed by atoms with E-state index in [2.05, 4.69) is 11.8 Å². The first kappa shape index (κ1) is 14.3. The molecule has 0 bridgehead atoms. The van der Waals surface area contributed by atoms with Crippen LogP contribution in [0.3, 0.4) is 0 Å². The van der Waals surface area contributed by atoms with Gasteiger partial charge in [0.25, 0.3) is 5.91 Å². The molecule has 1 N–H and O–H groups in total. The van der Waals surface area contributed by atoms with Crippen LogP contribution < -0.4 is 0 Å². The third kappa shape index (κ3) is 3.90. The number of carbonyl (C=O) groups is 1. The molecule has 1 amide bonds. The number of thiophene rings is 1. The number of amides is 1. The molecule has 19 heavy (non-hydrogen) atoms. The number of hydrogen-bond donors (Lipinski definition) is 1. The largest absolute Gasteiger partial charge is 0.395 e. The first-order valence-corrected chi connectivity index (χ1v) is 8.40. The van der Waals surface area contributed by atoms with Crippen molar-refractivity contribution in [1.29, 1.82) is 0 Å². The monoisotopic (exact) mass is 297 g/mol. The Morgan fingerprint density at radius 2 is 2.21 bits per heavy atom. The number of nitrogens with zero attached hydrogens (tertiary/aromatic N) is 1. The van der Waals surface area contributed by atoms with Crippen molar-refractivity contribution < 1.29 is 14.1 Å². The van der Waals surface area contributed by atoms with E-state index in [-0.39, 0.29) is 12.5 Å². The smallest absolute Gasteiger partial charge is 0.254 e. The van der Waals surface area contributed by atoms with Crippen LogP contribution in [0.2, 0.25) is 0 Å². The summed E-state index contributed by atoms with van der Waals surface area (Å²) in [5.74, 6) is 6.88. The second-order valence-electron chi connectivity index (χ2n) is 4.12. The molecule has 0 atom stereocenters. The summed E-state index contributed by atoms with van der Waals surface area (Å²) in [5, 5.41) is 10.4. The summed E-state index contributed by atoms with van der Waals surface area (Å²) in [6.07, 6.45) is 0.444. The molecule has 6 heteroatoms. The lowest BCUT2D eigenvalue weighted by atomic mass is 10.2. The predicted molar refractivity (Wildman–Crippen MR) is 76.7 cm³/mol. The normalized spacial score (nSPS) is 15.9. The van der Waals surface area contributed by atoms with Gasteiger partial charge in [0.05, 0.1) is 17.0 Å². The number of carbonyl (C=O) groups excluding carboxylic acids is 1. The Bertz CT molecular complexity index is 532. The van der Waals surface area contributed by atoms with E-state index < -0.39 is 10.8 Å². The second kappa shape index (κ2) is 6.85. The highest BCUT2D eigenvalue weighted by molar-refractivity contribution is 7.85. The number of aliphatic hydroxyl groups excluding tert-OH is 1. The van der Waals surface area contributed by atoms with E-state index in [9.17, 15) is 9.00 Å². The highest BCUT2D eigenvalue weighted by atomic mass is 32.2. The molecule has 1 aromatic rings. The molecule has 102 valence electrons. The van der Waals surface area contributed by atoms with Gasteiger partial charge in [0.2, 0.25) is 0 Å². The average molecular weight is 297 g/mol. The summed E-state index contributed by atoms with van der Waals surface area (Å²) in [5.41, 5.74) is 0.644. The van der Waals surface area contributed by atoms with Gasteiger partial charge in [-0.3, -0.25) is 9.00 Å². The van der Waals surface area contributed by atoms with Gasteiger partial charge in [0.1, 0.15) is 0 Å². The van der Waals surface area contributed by atoms with Crippen LogP contribution >= 0.6 is 11.3 Å². The van der Waals surface area contributed by atoms with Gasteiger partial charge in [-0.05, 0) is 6.07 Å². The number of aliphatic hydroxyl groups is 1. The molecule has 0 aromatic carbocycles. The minimum Gasteiger partial charge on any atom is -0.395 e. The first-order chi connectivity index (χ1) is 9.20. The van der Waals surface area contributed by atoms with Crippen LogP contribution in [-0.2, 0) is 10.8 Å².